The fourth-order valence-electron chi connectivity index (χ4n) is 2.71. The molecule has 0 aliphatic heterocycles. The Labute approximate surface area is 163 Å². The Hall–Kier alpha value is -2.80. The average molecular weight is 385 g/mol. The lowest BCUT2D eigenvalue weighted by Gasteiger charge is -2.14. The standard InChI is InChI=1S/C20H23N3O3S/c1-4-5-12-26-18-13-16(25-3)10-11-17(18)19-21-22-20(27)23(19)14-6-8-15(24-2)9-7-14/h6-11,13H,4-5,12H2,1-3H3,(H,22,27). The van der Waals surface area contributed by atoms with E-state index < -0.39 is 0 Å². The number of methoxy groups -OCH3 is 2. The normalized spacial score (nSPS) is 10.6. The SMILES string of the molecule is CCCCOc1cc(OC)ccc1-c1n[nH]c(=S)n1-c1ccc(OC)cc1. The summed E-state index contributed by atoms with van der Waals surface area (Å²) >= 11 is 5.46. The minimum Gasteiger partial charge on any atom is -0.497 e. The number of benzene rings is 2. The van der Waals surface area contributed by atoms with Crippen LogP contribution in [-0.2, 0) is 0 Å². The molecule has 2 aromatic carbocycles. The van der Waals surface area contributed by atoms with Gasteiger partial charge in [-0.1, -0.05) is 13.3 Å². The summed E-state index contributed by atoms with van der Waals surface area (Å²) in [6.45, 7) is 2.76. The maximum absolute atomic E-state index is 6.01. The zero-order chi connectivity index (χ0) is 19.2. The molecule has 6 nitrogen and oxygen atoms in total. The van der Waals surface area contributed by atoms with Gasteiger partial charge >= 0.3 is 0 Å². The van der Waals surface area contributed by atoms with E-state index in [0.717, 1.165) is 35.6 Å². The number of nitrogens with one attached hydrogen (secondary N) is 1. The molecule has 0 fully saturated rings. The van der Waals surface area contributed by atoms with Gasteiger partial charge in [-0.3, -0.25) is 9.67 Å². The molecule has 0 bridgehead atoms. The van der Waals surface area contributed by atoms with Crippen molar-refractivity contribution < 1.29 is 14.2 Å². The molecule has 0 saturated carbocycles. The zero-order valence-corrected chi connectivity index (χ0v) is 16.5. The van der Waals surface area contributed by atoms with Gasteiger partial charge in [-0.05, 0) is 55.0 Å². The molecule has 1 heterocycles. The van der Waals surface area contributed by atoms with Crippen LogP contribution in [0, 0.1) is 4.77 Å². The van der Waals surface area contributed by atoms with Crippen LogP contribution in [0.25, 0.3) is 17.1 Å². The van der Waals surface area contributed by atoms with Gasteiger partial charge in [0, 0.05) is 6.07 Å². The Morgan fingerprint density at radius 1 is 1.04 bits per heavy atom. The molecule has 27 heavy (non-hydrogen) atoms. The Morgan fingerprint density at radius 2 is 1.74 bits per heavy atom. The van der Waals surface area contributed by atoms with Crippen LogP contribution in [0.2, 0.25) is 0 Å². The summed E-state index contributed by atoms with van der Waals surface area (Å²) in [5.41, 5.74) is 1.73. The van der Waals surface area contributed by atoms with Gasteiger partial charge in [-0.25, -0.2) is 0 Å². The van der Waals surface area contributed by atoms with E-state index in [1.165, 1.54) is 0 Å². The monoisotopic (exact) mass is 385 g/mol. The van der Waals surface area contributed by atoms with Gasteiger partial charge in [0.15, 0.2) is 10.6 Å². The molecule has 3 rings (SSSR count). The van der Waals surface area contributed by atoms with E-state index in [0.29, 0.717) is 23.0 Å². The lowest BCUT2D eigenvalue weighted by molar-refractivity contribution is 0.308. The number of hydrogen-bond donors (Lipinski definition) is 1. The molecular weight excluding hydrogens is 362 g/mol. The predicted octanol–water partition coefficient (Wildman–Crippen LogP) is 4.79. The quantitative estimate of drug-likeness (QED) is 0.446. The lowest BCUT2D eigenvalue weighted by atomic mass is 10.1. The van der Waals surface area contributed by atoms with Gasteiger partial charge in [0.1, 0.15) is 17.2 Å². The summed E-state index contributed by atoms with van der Waals surface area (Å²) in [6.07, 6.45) is 2.03. The molecule has 0 spiro atoms. The number of unbranched alkanes of at least 4 members (excludes halogenated alkanes) is 1. The summed E-state index contributed by atoms with van der Waals surface area (Å²) in [5.74, 6) is 2.91. The first-order valence-electron chi connectivity index (χ1n) is 8.81. The number of nitrogens with zero attached hydrogens (tertiary/aromatic N) is 2. The Kier molecular flexibility index (Phi) is 6.13. The average Bonchev–Trinajstić information content (AvgIpc) is 3.09. The Morgan fingerprint density at radius 3 is 2.41 bits per heavy atom. The van der Waals surface area contributed by atoms with E-state index in [9.17, 15) is 0 Å². The van der Waals surface area contributed by atoms with Crippen molar-refractivity contribution in [1.82, 2.24) is 14.8 Å². The highest BCUT2D eigenvalue weighted by Crippen LogP contribution is 2.34. The minimum absolute atomic E-state index is 0.505. The summed E-state index contributed by atoms with van der Waals surface area (Å²) in [5, 5.41) is 7.33. The molecule has 0 radical (unpaired) electrons. The highest BCUT2D eigenvalue weighted by Gasteiger charge is 2.16. The highest BCUT2D eigenvalue weighted by molar-refractivity contribution is 7.71. The molecule has 1 aromatic heterocycles. The van der Waals surface area contributed by atoms with Crippen LogP contribution >= 0.6 is 12.2 Å². The molecule has 1 N–H and O–H groups in total. The largest absolute Gasteiger partial charge is 0.497 e. The van der Waals surface area contributed by atoms with Gasteiger partial charge < -0.3 is 14.2 Å². The van der Waals surface area contributed by atoms with E-state index in [1.54, 1.807) is 14.2 Å². The molecule has 0 saturated heterocycles. The molecule has 142 valence electrons. The molecule has 3 aromatic rings. The second kappa shape index (κ2) is 8.73. The van der Waals surface area contributed by atoms with E-state index in [2.05, 4.69) is 17.1 Å². The van der Waals surface area contributed by atoms with Crippen molar-refractivity contribution in [1.29, 1.82) is 0 Å². The number of H-pyrrole nitrogens is 1. The summed E-state index contributed by atoms with van der Waals surface area (Å²) in [4.78, 5) is 0. The first-order chi connectivity index (χ1) is 13.2. The molecule has 7 heteroatoms. The van der Waals surface area contributed by atoms with Crippen LogP contribution in [0.15, 0.2) is 42.5 Å². The third kappa shape index (κ3) is 4.14. The van der Waals surface area contributed by atoms with Crippen molar-refractivity contribution in [3.63, 3.8) is 0 Å². The van der Waals surface area contributed by atoms with Crippen molar-refractivity contribution >= 4 is 12.2 Å². The smallest absolute Gasteiger partial charge is 0.200 e. The molecule has 0 aliphatic carbocycles. The van der Waals surface area contributed by atoms with Gasteiger partial charge in [-0.2, -0.15) is 5.10 Å². The highest BCUT2D eigenvalue weighted by atomic mass is 32.1. The number of hydrogen-bond acceptors (Lipinski definition) is 5. The number of ether oxygens (including phenoxy) is 3. The van der Waals surface area contributed by atoms with E-state index in [-0.39, 0.29) is 0 Å². The molecule has 0 amide bonds. The zero-order valence-electron chi connectivity index (χ0n) is 15.7. The van der Waals surface area contributed by atoms with Crippen LogP contribution in [0.4, 0.5) is 0 Å². The topological polar surface area (TPSA) is 61.3 Å². The van der Waals surface area contributed by atoms with Gasteiger partial charge in [0.25, 0.3) is 0 Å². The first-order valence-corrected chi connectivity index (χ1v) is 9.21. The number of aromatic amines is 1. The third-order valence-corrected chi connectivity index (χ3v) is 4.46. The molecule has 0 aliphatic rings. The van der Waals surface area contributed by atoms with E-state index in [4.69, 9.17) is 26.4 Å². The summed E-state index contributed by atoms with van der Waals surface area (Å²) < 4.78 is 19.0. The third-order valence-electron chi connectivity index (χ3n) is 4.19. The van der Waals surface area contributed by atoms with E-state index in [1.807, 2.05) is 47.0 Å². The van der Waals surface area contributed by atoms with E-state index >= 15 is 0 Å². The predicted molar refractivity (Wildman–Crippen MR) is 108 cm³/mol. The second-order valence-electron chi connectivity index (χ2n) is 5.95. The van der Waals surface area contributed by atoms with Crippen molar-refractivity contribution in [2.45, 2.75) is 19.8 Å². The van der Waals surface area contributed by atoms with Crippen molar-refractivity contribution in [2.24, 2.45) is 0 Å². The number of rotatable bonds is 8. The maximum atomic E-state index is 6.01. The first kappa shape index (κ1) is 19.0. The summed E-state index contributed by atoms with van der Waals surface area (Å²) in [6, 6.07) is 13.4. The molecular formula is C20H23N3O3S. The minimum atomic E-state index is 0.505. The number of aromatic nitrogens is 3. The van der Waals surface area contributed by atoms with Crippen molar-refractivity contribution in [3.05, 3.63) is 47.2 Å². The Balaban J connectivity index is 2.07. The Bertz CT molecular complexity index is 948. The van der Waals surface area contributed by atoms with Gasteiger partial charge in [0.2, 0.25) is 0 Å². The van der Waals surface area contributed by atoms with Crippen LogP contribution in [0.1, 0.15) is 19.8 Å². The molecule has 0 unspecified atom stereocenters. The van der Waals surface area contributed by atoms with Crippen molar-refractivity contribution in [2.75, 3.05) is 20.8 Å². The lowest BCUT2D eigenvalue weighted by Crippen LogP contribution is -2.02. The van der Waals surface area contributed by atoms with Crippen LogP contribution in [-0.4, -0.2) is 35.6 Å². The van der Waals surface area contributed by atoms with Gasteiger partial charge in [0.05, 0.1) is 32.1 Å². The fraction of sp³-hybridized carbons (Fsp3) is 0.300. The van der Waals surface area contributed by atoms with Crippen LogP contribution < -0.4 is 14.2 Å². The maximum Gasteiger partial charge on any atom is 0.200 e. The van der Waals surface area contributed by atoms with Crippen molar-refractivity contribution in [3.8, 4) is 34.3 Å². The van der Waals surface area contributed by atoms with Gasteiger partial charge in [-0.15, -0.1) is 0 Å². The van der Waals surface area contributed by atoms with Crippen LogP contribution in [0.3, 0.4) is 0 Å². The second-order valence-corrected chi connectivity index (χ2v) is 6.34. The summed E-state index contributed by atoms with van der Waals surface area (Å²) in [7, 11) is 3.28. The fourth-order valence-corrected chi connectivity index (χ4v) is 2.95. The molecule has 0 atom stereocenters. The van der Waals surface area contributed by atoms with Crippen LogP contribution in [0.5, 0.6) is 17.2 Å².